The van der Waals surface area contributed by atoms with E-state index < -0.39 is 17.7 Å². The molecule has 0 aliphatic carbocycles. The highest BCUT2D eigenvalue weighted by Crippen LogP contribution is 2.32. The van der Waals surface area contributed by atoms with Crippen molar-refractivity contribution in [1.29, 1.82) is 0 Å². The maximum absolute atomic E-state index is 12.4. The summed E-state index contributed by atoms with van der Waals surface area (Å²) in [5.41, 5.74) is 0.126. The molecule has 2 rings (SSSR count). The molecule has 0 fully saturated rings. The molecule has 0 radical (unpaired) electrons. The van der Waals surface area contributed by atoms with Crippen molar-refractivity contribution in [3.05, 3.63) is 47.8 Å². The Morgan fingerprint density at radius 1 is 1.16 bits per heavy atom. The normalized spacial score (nSPS) is 11.6. The molecule has 0 aliphatic rings. The van der Waals surface area contributed by atoms with Crippen LogP contribution in [0.25, 0.3) is 11.1 Å². The minimum absolute atomic E-state index is 0.0576. The fraction of sp³-hybridized carbons (Fsp3) is 0.154. The molecule has 0 bridgehead atoms. The van der Waals surface area contributed by atoms with Gasteiger partial charge in [0.15, 0.2) is 0 Å². The van der Waals surface area contributed by atoms with Crippen molar-refractivity contribution in [2.75, 3.05) is 0 Å². The quantitative estimate of drug-likeness (QED) is 0.907. The van der Waals surface area contributed by atoms with Crippen LogP contribution in [0, 0.1) is 0 Å². The van der Waals surface area contributed by atoms with Gasteiger partial charge in [-0.1, -0.05) is 12.1 Å². The highest BCUT2D eigenvalue weighted by molar-refractivity contribution is 5.95. The molecular weight excluding hydrogens is 259 g/mol. The second-order valence-corrected chi connectivity index (χ2v) is 4.13. The summed E-state index contributed by atoms with van der Waals surface area (Å²) < 4.78 is 38.9. The fourth-order valence-electron chi connectivity index (χ4n) is 1.82. The summed E-state index contributed by atoms with van der Waals surface area (Å²) in [6.07, 6.45) is -1.42. The molecule has 0 atom stereocenters. The maximum atomic E-state index is 12.4. The minimum atomic E-state index is -4.40. The van der Waals surface area contributed by atoms with Crippen molar-refractivity contribution in [3.8, 4) is 11.1 Å². The molecule has 0 spiro atoms. The highest BCUT2D eigenvalue weighted by Gasteiger charge is 2.30. The lowest BCUT2D eigenvalue weighted by Gasteiger charge is -2.07. The zero-order chi connectivity index (χ0) is 14.2. The molecular formula is C13H10F3NO2. The molecule has 0 aliphatic heterocycles. The van der Waals surface area contributed by atoms with Crippen LogP contribution in [0.4, 0.5) is 13.2 Å². The van der Waals surface area contributed by atoms with Crippen LogP contribution in [-0.4, -0.2) is 15.6 Å². The molecule has 2 aromatic rings. The zero-order valence-electron chi connectivity index (χ0n) is 9.90. The highest BCUT2D eigenvalue weighted by atomic mass is 19.4. The van der Waals surface area contributed by atoms with E-state index in [0.717, 1.165) is 12.1 Å². The van der Waals surface area contributed by atoms with Crippen LogP contribution in [0.15, 0.2) is 36.7 Å². The van der Waals surface area contributed by atoms with Gasteiger partial charge in [0, 0.05) is 25.0 Å². The number of halogens is 3. The molecule has 1 aromatic heterocycles. The number of hydrogen-bond acceptors (Lipinski definition) is 1. The van der Waals surface area contributed by atoms with Crippen molar-refractivity contribution in [2.24, 2.45) is 7.05 Å². The molecule has 1 heterocycles. The predicted octanol–water partition coefficient (Wildman–Crippen LogP) is 3.41. The standard InChI is InChI=1S/C13H10F3NO2/c1-17-6-10(11(7-17)12(18)19)8-2-4-9(5-3-8)13(14,15)16/h2-7H,1H3,(H,18,19). The number of aromatic carboxylic acids is 1. The number of nitrogens with zero attached hydrogens (tertiary/aromatic N) is 1. The van der Waals surface area contributed by atoms with E-state index in [1.807, 2.05) is 0 Å². The van der Waals surface area contributed by atoms with E-state index in [1.165, 1.54) is 18.3 Å². The second kappa shape index (κ2) is 4.46. The Morgan fingerprint density at radius 3 is 2.21 bits per heavy atom. The molecule has 0 unspecified atom stereocenters. The predicted molar refractivity (Wildman–Crippen MR) is 62.8 cm³/mol. The van der Waals surface area contributed by atoms with Crippen molar-refractivity contribution in [2.45, 2.75) is 6.18 Å². The van der Waals surface area contributed by atoms with E-state index >= 15 is 0 Å². The Morgan fingerprint density at radius 2 is 1.74 bits per heavy atom. The number of benzene rings is 1. The fourth-order valence-corrected chi connectivity index (χ4v) is 1.82. The van der Waals surface area contributed by atoms with Crippen LogP contribution in [0.1, 0.15) is 15.9 Å². The summed E-state index contributed by atoms with van der Waals surface area (Å²) >= 11 is 0. The van der Waals surface area contributed by atoms with Gasteiger partial charge >= 0.3 is 12.1 Å². The van der Waals surface area contributed by atoms with Gasteiger partial charge in [-0.05, 0) is 17.7 Å². The van der Waals surface area contributed by atoms with Gasteiger partial charge in [-0.2, -0.15) is 13.2 Å². The number of carbonyl (C=O) groups is 1. The van der Waals surface area contributed by atoms with Gasteiger partial charge in [0.1, 0.15) is 0 Å². The number of carboxylic acids is 1. The number of alkyl halides is 3. The number of aromatic nitrogens is 1. The van der Waals surface area contributed by atoms with Crippen LogP contribution in [0.2, 0.25) is 0 Å². The lowest BCUT2D eigenvalue weighted by atomic mass is 10.0. The van der Waals surface area contributed by atoms with E-state index in [1.54, 1.807) is 17.8 Å². The SMILES string of the molecule is Cn1cc(C(=O)O)c(-c2ccc(C(F)(F)F)cc2)c1. The summed E-state index contributed by atoms with van der Waals surface area (Å²) in [5.74, 6) is -1.12. The molecule has 0 saturated heterocycles. The van der Waals surface area contributed by atoms with E-state index in [-0.39, 0.29) is 5.56 Å². The summed E-state index contributed by atoms with van der Waals surface area (Å²) in [5, 5.41) is 9.03. The second-order valence-electron chi connectivity index (χ2n) is 4.13. The van der Waals surface area contributed by atoms with E-state index in [4.69, 9.17) is 5.11 Å². The van der Waals surface area contributed by atoms with E-state index in [0.29, 0.717) is 11.1 Å². The first-order valence-electron chi connectivity index (χ1n) is 5.36. The van der Waals surface area contributed by atoms with Crippen LogP contribution in [-0.2, 0) is 13.2 Å². The largest absolute Gasteiger partial charge is 0.478 e. The van der Waals surface area contributed by atoms with E-state index in [2.05, 4.69) is 0 Å². The Hall–Kier alpha value is -2.24. The molecule has 1 aromatic carbocycles. The third kappa shape index (κ3) is 2.62. The lowest BCUT2D eigenvalue weighted by molar-refractivity contribution is -0.137. The van der Waals surface area contributed by atoms with Gasteiger partial charge < -0.3 is 9.67 Å². The first-order valence-corrected chi connectivity index (χ1v) is 5.36. The summed E-state index contributed by atoms with van der Waals surface area (Å²) in [6, 6.07) is 4.41. The Labute approximate surface area is 106 Å². The van der Waals surface area contributed by atoms with Crippen LogP contribution < -0.4 is 0 Å². The average Bonchev–Trinajstić information content (AvgIpc) is 2.70. The van der Waals surface area contributed by atoms with Crippen LogP contribution in [0.3, 0.4) is 0 Å². The third-order valence-corrected chi connectivity index (χ3v) is 2.71. The first-order chi connectivity index (χ1) is 8.79. The van der Waals surface area contributed by atoms with Gasteiger partial charge in [-0.25, -0.2) is 4.79 Å². The summed E-state index contributed by atoms with van der Waals surface area (Å²) in [7, 11) is 1.65. The molecule has 0 saturated carbocycles. The van der Waals surface area contributed by atoms with Gasteiger partial charge in [-0.15, -0.1) is 0 Å². The lowest BCUT2D eigenvalue weighted by Crippen LogP contribution is -2.04. The van der Waals surface area contributed by atoms with Crippen molar-refractivity contribution >= 4 is 5.97 Å². The monoisotopic (exact) mass is 269 g/mol. The molecule has 3 nitrogen and oxygen atoms in total. The van der Waals surface area contributed by atoms with Gasteiger partial charge in [0.2, 0.25) is 0 Å². The zero-order valence-corrected chi connectivity index (χ0v) is 9.90. The van der Waals surface area contributed by atoms with Crippen molar-refractivity contribution in [3.63, 3.8) is 0 Å². The maximum Gasteiger partial charge on any atom is 0.416 e. The van der Waals surface area contributed by atoms with Crippen molar-refractivity contribution in [1.82, 2.24) is 4.57 Å². The summed E-state index contributed by atoms with van der Waals surface area (Å²) in [6.45, 7) is 0. The molecule has 6 heteroatoms. The molecule has 0 amide bonds. The van der Waals surface area contributed by atoms with Crippen LogP contribution in [0.5, 0.6) is 0 Å². The molecule has 100 valence electrons. The number of aryl methyl sites for hydroxylation is 1. The van der Waals surface area contributed by atoms with Gasteiger partial charge in [0.05, 0.1) is 11.1 Å². The molecule has 19 heavy (non-hydrogen) atoms. The smallest absolute Gasteiger partial charge is 0.416 e. The van der Waals surface area contributed by atoms with Gasteiger partial charge in [0.25, 0.3) is 0 Å². The number of hydrogen-bond donors (Lipinski definition) is 1. The van der Waals surface area contributed by atoms with Gasteiger partial charge in [-0.3, -0.25) is 0 Å². The number of rotatable bonds is 2. The Bertz CT molecular complexity index is 612. The Balaban J connectivity index is 2.46. The average molecular weight is 269 g/mol. The number of carboxylic acid groups (broad SMARTS) is 1. The summed E-state index contributed by atoms with van der Waals surface area (Å²) in [4.78, 5) is 11.0. The third-order valence-electron chi connectivity index (χ3n) is 2.71. The van der Waals surface area contributed by atoms with E-state index in [9.17, 15) is 18.0 Å². The van der Waals surface area contributed by atoms with Crippen molar-refractivity contribution < 1.29 is 23.1 Å². The first kappa shape index (κ1) is 13.2. The van der Waals surface area contributed by atoms with Crippen LogP contribution >= 0.6 is 0 Å². The Kier molecular flexibility index (Phi) is 3.09. The molecule has 1 N–H and O–H groups in total. The topological polar surface area (TPSA) is 42.2 Å². The minimum Gasteiger partial charge on any atom is -0.478 e.